The number of anilines is 1. The molecule has 4 amide bonds. The average molecular weight is 428 g/mol. The Morgan fingerprint density at radius 2 is 1.61 bits per heavy atom. The highest BCUT2D eigenvalue weighted by Crippen LogP contribution is 2.46. The number of fused-ring (bicyclic) bond motifs is 1. The molecule has 0 radical (unpaired) electrons. The second-order valence-corrected chi connectivity index (χ2v) is 9.21. The first-order valence-corrected chi connectivity index (χ1v) is 11.3. The molecule has 1 aromatic rings. The molecule has 2 saturated carbocycles. The summed E-state index contributed by atoms with van der Waals surface area (Å²) in [5.74, 6) is 0.0739. The predicted molar refractivity (Wildman–Crippen MR) is 113 cm³/mol. The number of amides is 4. The van der Waals surface area contributed by atoms with E-state index < -0.39 is 23.3 Å². The standard InChI is InChI=1S/C23H29N3O5/c1-25-21(29)26(20(28)22(25)10-4-2-5-11-22)15-19(27)24-16-8-9-17-18(14-16)31-23(30-17)12-6-3-7-13-23/h8-9,14H,2-7,10-13,15H2,1H3,(H,24,27). The van der Waals surface area contributed by atoms with Gasteiger partial charge in [0.25, 0.3) is 11.7 Å². The minimum atomic E-state index is -0.775. The van der Waals surface area contributed by atoms with Gasteiger partial charge in [-0.3, -0.25) is 14.5 Å². The number of nitrogens with one attached hydrogen (secondary N) is 1. The lowest BCUT2D eigenvalue weighted by atomic mass is 9.81. The van der Waals surface area contributed by atoms with E-state index in [1.807, 2.05) is 0 Å². The third kappa shape index (κ3) is 3.32. The summed E-state index contributed by atoms with van der Waals surface area (Å²) in [4.78, 5) is 41.1. The van der Waals surface area contributed by atoms with Gasteiger partial charge in [-0.15, -0.1) is 0 Å². The first-order valence-electron chi connectivity index (χ1n) is 11.3. The number of hydrogen-bond acceptors (Lipinski definition) is 5. The highest BCUT2D eigenvalue weighted by Gasteiger charge is 2.55. The predicted octanol–water partition coefficient (Wildman–Crippen LogP) is 3.65. The molecule has 0 bridgehead atoms. The molecule has 5 rings (SSSR count). The van der Waals surface area contributed by atoms with Crippen LogP contribution in [0, 0.1) is 0 Å². The fourth-order valence-corrected chi connectivity index (χ4v) is 5.48. The van der Waals surface area contributed by atoms with Crippen molar-refractivity contribution in [2.75, 3.05) is 18.9 Å². The summed E-state index contributed by atoms with van der Waals surface area (Å²) >= 11 is 0. The molecule has 2 aliphatic carbocycles. The lowest BCUT2D eigenvalue weighted by molar-refractivity contribution is -0.136. The topological polar surface area (TPSA) is 88.2 Å². The van der Waals surface area contributed by atoms with Crippen molar-refractivity contribution in [3.05, 3.63) is 18.2 Å². The second kappa shape index (κ2) is 7.43. The van der Waals surface area contributed by atoms with Crippen LogP contribution in [0.3, 0.4) is 0 Å². The van der Waals surface area contributed by atoms with E-state index in [1.54, 1.807) is 25.2 Å². The third-order valence-electron chi connectivity index (χ3n) is 7.22. The average Bonchev–Trinajstić information content (AvgIpc) is 3.19. The van der Waals surface area contributed by atoms with Gasteiger partial charge in [-0.05, 0) is 37.8 Å². The first kappa shape index (κ1) is 20.2. The smallest absolute Gasteiger partial charge is 0.327 e. The van der Waals surface area contributed by atoms with E-state index in [0.717, 1.165) is 49.8 Å². The molecule has 3 fully saturated rings. The number of carbonyl (C=O) groups excluding carboxylic acids is 3. The molecule has 8 heteroatoms. The van der Waals surface area contributed by atoms with Gasteiger partial charge in [-0.2, -0.15) is 0 Å². The van der Waals surface area contributed by atoms with Crippen molar-refractivity contribution in [3.63, 3.8) is 0 Å². The van der Waals surface area contributed by atoms with Gasteiger partial charge in [0.1, 0.15) is 12.1 Å². The monoisotopic (exact) mass is 427 g/mol. The van der Waals surface area contributed by atoms with E-state index in [4.69, 9.17) is 9.47 Å². The first-order chi connectivity index (χ1) is 14.9. The maximum Gasteiger partial charge on any atom is 0.327 e. The van der Waals surface area contributed by atoms with Gasteiger partial charge in [0.2, 0.25) is 5.91 Å². The Morgan fingerprint density at radius 1 is 0.968 bits per heavy atom. The van der Waals surface area contributed by atoms with Gasteiger partial charge in [0.05, 0.1) is 0 Å². The Kier molecular flexibility index (Phi) is 4.83. The Hall–Kier alpha value is -2.77. The van der Waals surface area contributed by atoms with Crippen molar-refractivity contribution in [2.45, 2.75) is 75.5 Å². The van der Waals surface area contributed by atoms with E-state index in [9.17, 15) is 14.4 Å². The molecule has 31 heavy (non-hydrogen) atoms. The van der Waals surface area contributed by atoms with Crippen LogP contribution in [0.1, 0.15) is 64.2 Å². The van der Waals surface area contributed by atoms with Crippen LogP contribution in [-0.4, -0.2) is 52.6 Å². The molecule has 8 nitrogen and oxygen atoms in total. The van der Waals surface area contributed by atoms with Crippen LogP contribution in [0.4, 0.5) is 10.5 Å². The van der Waals surface area contributed by atoms with Crippen molar-refractivity contribution in [2.24, 2.45) is 0 Å². The van der Waals surface area contributed by atoms with Crippen molar-refractivity contribution in [3.8, 4) is 11.5 Å². The van der Waals surface area contributed by atoms with Gasteiger partial charge in [0.15, 0.2) is 11.5 Å². The van der Waals surface area contributed by atoms with Gasteiger partial charge in [-0.25, -0.2) is 4.79 Å². The zero-order valence-electron chi connectivity index (χ0n) is 17.9. The second-order valence-electron chi connectivity index (χ2n) is 9.21. The van der Waals surface area contributed by atoms with E-state index in [-0.39, 0.29) is 12.5 Å². The highest BCUT2D eigenvalue weighted by atomic mass is 16.7. The summed E-state index contributed by atoms with van der Waals surface area (Å²) in [6.07, 6.45) is 9.29. The summed E-state index contributed by atoms with van der Waals surface area (Å²) < 4.78 is 12.2. The molecule has 1 N–H and O–H groups in total. The molecule has 2 heterocycles. The van der Waals surface area contributed by atoms with Crippen LogP contribution in [-0.2, 0) is 9.59 Å². The zero-order chi connectivity index (χ0) is 21.6. The normalized spacial score (nSPS) is 23.6. The molecule has 0 unspecified atom stereocenters. The molecule has 1 saturated heterocycles. The largest absolute Gasteiger partial charge is 0.448 e. The van der Waals surface area contributed by atoms with Crippen molar-refractivity contribution >= 4 is 23.5 Å². The van der Waals surface area contributed by atoms with E-state index in [2.05, 4.69) is 5.32 Å². The highest BCUT2D eigenvalue weighted by molar-refractivity contribution is 6.10. The van der Waals surface area contributed by atoms with Crippen LogP contribution in [0.5, 0.6) is 11.5 Å². The van der Waals surface area contributed by atoms with Crippen LogP contribution in [0.15, 0.2) is 18.2 Å². The van der Waals surface area contributed by atoms with Crippen molar-refractivity contribution in [1.82, 2.24) is 9.80 Å². The van der Waals surface area contributed by atoms with E-state index in [1.165, 1.54) is 11.3 Å². The fourth-order valence-electron chi connectivity index (χ4n) is 5.48. The SMILES string of the molecule is CN1C(=O)N(CC(=O)Nc2ccc3c(c2)OC2(CCCCC2)O3)C(=O)C12CCCCC2. The van der Waals surface area contributed by atoms with Crippen molar-refractivity contribution in [1.29, 1.82) is 0 Å². The van der Waals surface area contributed by atoms with E-state index >= 15 is 0 Å². The number of rotatable bonds is 3. The van der Waals surface area contributed by atoms with Crippen LogP contribution in [0.2, 0.25) is 0 Å². The Labute approximate surface area is 181 Å². The molecule has 0 atom stereocenters. The van der Waals surface area contributed by atoms with Gasteiger partial charge in [-0.1, -0.05) is 25.7 Å². The number of hydrogen-bond donors (Lipinski definition) is 1. The van der Waals surface area contributed by atoms with Gasteiger partial charge in [0, 0.05) is 31.6 Å². The maximum absolute atomic E-state index is 13.1. The molecule has 0 aromatic heterocycles. The van der Waals surface area contributed by atoms with Crippen LogP contribution >= 0.6 is 0 Å². The zero-order valence-corrected chi connectivity index (χ0v) is 17.9. The number of likely N-dealkylation sites (N-methyl/N-ethyl adjacent to an activating group) is 1. The van der Waals surface area contributed by atoms with Crippen LogP contribution in [0.25, 0.3) is 0 Å². The Morgan fingerprint density at radius 3 is 2.32 bits per heavy atom. The summed E-state index contributed by atoms with van der Waals surface area (Å²) in [6.45, 7) is -0.290. The number of urea groups is 1. The van der Waals surface area contributed by atoms with E-state index in [0.29, 0.717) is 30.0 Å². The number of imide groups is 1. The summed E-state index contributed by atoms with van der Waals surface area (Å²) in [5.41, 5.74) is -0.220. The maximum atomic E-state index is 13.1. The molecule has 2 aliphatic heterocycles. The molecule has 4 aliphatic rings. The summed E-state index contributed by atoms with van der Waals surface area (Å²) in [5, 5.41) is 2.80. The quantitative estimate of drug-likeness (QED) is 0.744. The lowest BCUT2D eigenvalue weighted by Gasteiger charge is -2.35. The number of nitrogens with zero attached hydrogens (tertiary/aromatic N) is 2. The lowest BCUT2D eigenvalue weighted by Crippen LogP contribution is -2.49. The molecule has 1 aromatic carbocycles. The third-order valence-corrected chi connectivity index (χ3v) is 7.22. The Bertz CT molecular complexity index is 918. The fraction of sp³-hybridized carbons (Fsp3) is 0.609. The number of benzene rings is 1. The van der Waals surface area contributed by atoms with Crippen molar-refractivity contribution < 1.29 is 23.9 Å². The molecule has 166 valence electrons. The summed E-state index contributed by atoms with van der Waals surface area (Å²) in [6, 6.07) is 4.90. The molecular formula is C23H29N3O5. The summed E-state index contributed by atoms with van der Waals surface area (Å²) in [7, 11) is 1.67. The molecular weight excluding hydrogens is 398 g/mol. The number of carbonyl (C=O) groups is 3. The van der Waals surface area contributed by atoms with Gasteiger partial charge < -0.3 is 19.7 Å². The molecule has 2 spiro atoms. The minimum Gasteiger partial charge on any atom is -0.448 e. The van der Waals surface area contributed by atoms with Crippen LogP contribution < -0.4 is 14.8 Å². The minimum absolute atomic E-state index is 0.250. The van der Waals surface area contributed by atoms with Gasteiger partial charge >= 0.3 is 6.03 Å². The Balaban J connectivity index is 1.25. The number of ether oxygens (including phenoxy) is 2.